The Kier molecular flexibility index (Phi) is 7.91. The van der Waals surface area contributed by atoms with Gasteiger partial charge in [0.1, 0.15) is 5.75 Å². The van der Waals surface area contributed by atoms with Gasteiger partial charge in [-0.15, -0.1) is 0 Å². The second-order valence-electron chi connectivity index (χ2n) is 5.45. The van der Waals surface area contributed by atoms with E-state index >= 15 is 0 Å². The van der Waals surface area contributed by atoms with Crippen LogP contribution in [0, 0.1) is 0 Å². The van der Waals surface area contributed by atoms with Gasteiger partial charge in [0.25, 0.3) is 5.91 Å². The second kappa shape index (κ2) is 9.43. The largest absolute Gasteiger partial charge is 0.494 e. The van der Waals surface area contributed by atoms with Crippen LogP contribution in [0.15, 0.2) is 18.2 Å². The molecule has 0 spiro atoms. The Morgan fingerprint density at radius 1 is 1.27 bits per heavy atom. The minimum absolute atomic E-state index is 0.0422. The van der Waals surface area contributed by atoms with Gasteiger partial charge >= 0.3 is 0 Å². The third kappa shape index (κ3) is 6.03. The molecule has 0 bridgehead atoms. The number of methoxy groups -OCH3 is 1. The van der Waals surface area contributed by atoms with E-state index in [1.807, 2.05) is 39.8 Å². The SMILES string of the molecule is CCOc1ccc(C(=O)NC(C)COC)cc1COC(C)C. The summed E-state index contributed by atoms with van der Waals surface area (Å²) >= 11 is 0. The van der Waals surface area contributed by atoms with Crippen LogP contribution in [0.3, 0.4) is 0 Å². The van der Waals surface area contributed by atoms with E-state index in [2.05, 4.69) is 5.32 Å². The van der Waals surface area contributed by atoms with Crippen molar-refractivity contribution in [3.8, 4) is 5.75 Å². The van der Waals surface area contributed by atoms with E-state index in [1.54, 1.807) is 13.2 Å². The number of nitrogens with one attached hydrogen (secondary N) is 1. The molecule has 0 radical (unpaired) electrons. The number of carbonyl (C=O) groups excluding carboxylic acids is 1. The standard InChI is InChI=1S/C17H27NO4/c1-6-21-16-8-7-14(9-15(16)11-22-12(2)3)17(19)18-13(4)10-20-5/h7-9,12-13H,6,10-11H2,1-5H3,(H,18,19). The molecular weight excluding hydrogens is 282 g/mol. The van der Waals surface area contributed by atoms with E-state index in [-0.39, 0.29) is 18.1 Å². The lowest BCUT2D eigenvalue weighted by Crippen LogP contribution is -2.35. The van der Waals surface area contributed by atoms with Gasteiger partial charge in [0.05, 0.1) is 25.9 Å². The first kappa shape index (κ1) is 18.5. The number of carbonyl (C=O) groups is 1. The quantitative estimate of drug-likeness (QED) is 0.762. The normalized spacial score (nSPS) is 12.3. The van der Waals surface area contributed by atoms with Gasteiger partial charge in [-0.2, -0.15) is 0 Å². The monoisotopic (exact) mass is 309 g/mol. The molecule has 1 unspecified atom stereocenters. The van der Waals surface area contributed by atoms with Gasteiger partial charge in [0.2, 0.25) is 0 Å². The zero-order valence-corrected chi connectivity index (χ0v) is 14.1. The number of benzene rings is 1. The molecule has 1 atom stereocenters. The first-order valence-electron chi connectivity index (χ1n) is 7.65. The first-order chi connectivity index (χ1) is 10.5. The van der Waals surface area contributed by atoms with Crippen molar-refractivity contribution in [2.24, 2.45) is 0 Å². The van der Waals surface area contributed by atoms with Crippen LogP contribution in [-0.4, -0.2) is 38.4 Å². The third-order valence-corrected chi connectivity index (χ3v) is 2.99. The summed E-state index contributed by atoms with van der Waals surface area (Å²) in [6.45, 7) is 9.25. The van der Waals surface area contributed by atoms with Crippen molar-refractivity contribution in [1.82, 2.24) is 5.32 Å². The lowest BCUT2D eigenvalue weighted by atomic mass is 10.1. The summed E-state index contributed by atoms with van der Waals surface area (Å²) in [6.07, 6.45) is 0.119. The van der Waals surface area contributed by atoms with Crippen molar-refractivity contribution >= 4 is 5.91 Å². The maximum absolute atomic E-state index is 12.2. The van der Waals surface area contributed by atoms with Crippen LogP contribution in [0.1, 0.15) is 43.6 Å². The number of amides is 1. The molecule has 1 amide bonds. The highest BCUT2D eigenvalue weighted by Gasteiger charge is 2.13. The fourth-order valence-electron chi connectivity index (χ4n) is 1.99. The number of hydrogen-bond donors (Lipinski definition) is 1. The summed E-state index contributed by atoms with van der Waals surface area (Å²) < 4.78 is 16.3. The van der Waals surface area contributed by atoms with Crippen LogP contribution in [0.4, 0.5) is 0 Å². The van der Waals surface area contributed by atoms with Crippen LogP contribution in [0.5, 0.6) is 5.75 Å². The lowest BCUT2D eigenvalue weighted by Gasteiger charge is -2.16. The molecule has 5 nitrogen and oxygen atoms in total. The molecule has 0 fully saturated rings. The Labute approximate surface area is 132 Å². The van der Waals surface area contributed by atoms with E-state index in [0.717, 1.165) is 11.3 Å². The molecule has 1 rings (SSSR count). The van der Waals surface area contributed by atoms with Crippen LogP contribution < -0.4 is 10.1 Å². The Hall–Kier alpha value is -1.59. The molecule has 5 heteroatoms. The topological polar surface area (TPSA) is 56.8 Å². The summed E-state index contributed by atoms with van der Waals surface area (Å²) in [5.41, 5.74) is 1.47. The van der Waals surface area contributed by atoms with Crippen molar-refractivity contribution in [3.05, 3.63) is 29.3 Å². The van der Waals surface area contributed by atoms with E-state index in [9.17, 15) is 4.79 Å². The highest BCUT2D eigenvalue weighted by atomic mass is 16.5. The van der Waals surface area contributed by atoms with Crippen LogP contribution in [0.25, 0.3) is 0 Å². The minimum Gasteiger partial charge on any atom is -0.494 e. The Morgan fingerprint density at radius 2 is 2.00 bits per heavy atom. The molecule has 0 aliphatic heterocycles. The average Bonchev–Trinajstić information content (AvgIpc) is 2.46. The van der Waals surface area contributed by atoms with Gasteiger partial charge < -0.3 is 19.5 Å². The van der Waals surface area contributed by atoms with Gasteiger partial charge in [-0.1, -0.05) is 0 Å². The third-order valence-electron chi connectivity index (χ3n) is 2.99. The predicted molar refractivity (Wildman–Crippen MR) is 86.3 cm³/mol. The molecular formula is C17H27NO4. The van der Waals surface area contributed by atoms with E-state index < -0.39 is 0 Å². The van der Waals surface area contributed by atoms with Gasteiger partial charge in [-0.3, -0.25) is 4.79 Å². The second-order valence-corrected chi connectivity index (χ2v) is 5.45. The smallest absolute Gasteiger partial charge is 0.251 e. The molecule has 0 heterocycles. The molecule has 0 aliphatic rings. The molecule has 124 valence electrons. The fourth-order valence-corrected chi connectivity index (χ4v) is 1.99. The molecule has 1 aromatic carbocycles. The molecule has 1 aromatic rings. The Balaban J connectivity index is 2.87. The lowest BCUT2D eigenvalue weighted by molar-refractivity contribution is 0.0641. The van der Waals surface area contributed by atoms with Crippen LogP contribution in [0.2, 0.25) is 0 Å². The van der Waals surface area contributed by atoms with Gasteiger partial charge in [-0.25, -0.2) is 0 Å². The summed E-state index contributed by atoms with van der Waals surface area (Å²) in [6, 6.07) is 5.36. The number of hydrogen-bond acceptors (Lipinski definition) is 4. The van der Waals surface area contributed by atoms with Crippen molar-refractivity contribution in [1.29, 1.82) is 0 Å². The van der Waals surface area contributed by atoms with Crippen LogP contribution >= 0.6 is 0 Å². The summed E-state index contributed by atoms with van der Waals surface area (Å²) in [4.78, 5) is 12.2. The maximum Gasteiger partial charge on any atom is 0.251 e. The molecule has 0 saturated carbocycles. The Bertz CT molecular complexity index is 474. The zero-order chi connectivity index (χ0) is 16.5. The zero-order valence-electron chi connectivity index (χ0n) is 14.1. The molecule has 0 aliphatic carbocycles. The molecule has 1 N–H and O–H groups in total. The van der Waals surface area contributed by atoms with Crippen molar-refractivity contribution < 1.29 is 19.0 Å². The number of rotatable bonds is 9. The van der Waals surface area contributed by atoms with Crippen LogP contribution in [-0.2, 0) is 16.1 Å². The van der Waals surface area contributed by atoms with Crippen molar-refractivity contribution in [3.63, 3.8) is 0 Å². The van der Waals surface area contributed by atoms with Gasteiger partial charge in [0, 0.05) is 24.3 Å². The summed E-state index contributed by atoms with van der Waals surface area (Å²) in [5, 5.41) is 2.90. The molecule has 0 aromatic heterocycles. The van der Waals surface area contributed by atoms with Crippen molar-refractivity contribution in [2.75, 3.05) is 20.3 Å². The van der Waals surface area contributed by atoms with Crippen molar-refractivity contribution in [2.45, 2.75) is 46.4 Å². The summed E-state index contributed by atoms with van der Waals surface area (Å²) in [5.74, 6) is 0.628. The maximum atomic E-state index is 12.2. The van der Waals surface area contributed by atoms with Gasteiger partial charge in [-0.05, 0) is 45.9 Å². The van der Waals surface area contributed by atoms with Gasteiger partial charge in [0.15, 0.2) is 0 Å². The Morgan fingerprint density at radius 3 is 2.59 bits per heavy atom. The predicted octanol–water partition coefficient (Wildman–Crippen LogP) is 2.78. The first-order valence-corrected chi connectivity index (χ1v) is 7.65. The molecule has 22 heavy (non-hydrogen) atoms. The van der Waals surface area contributed by atoms with E-state index in [4.69, 9.17) is 14.2 Å². The highest BCUT2D eigenvalue weighted by Crippen LogP contribution is 2.22. The average molecular weight is 309 g/mol. The minimum atomic E-state index is -0.126. The number of ether oxygens (including phenoxy) is 3. The highest BCUT2D eigenvalue weighted by molar-refractivity contribution is 5.94. The van der Waals surface area contributed by atoms with E-state index in [1.165, 1.54) is 0 Å². The summed E-state index contributed by atoms with van der Waals surface area (Å²) in [7, 11) is 1.61. The molecule has 0 saturated heterocycles. The van der Waals surface area contributed by atoms with E-state index in [0.29, 0.717) is 25.4 Å². The fraction of sp³-hybridized carbons (Fsp3) is 0.588.